The number of nitrogens with one attached hydrogen (secondary N) is 1. The zero-order valence-corrected chi connectivity index (χ0v) is 19.8. The van der Waals surface area contributed by atoms with E-state index in [4.69, 9.17) is 4.74 Å². The highest BCUT2D eigenvalue weighted by molar-refractivity contribution is 7.89. The van der Waals surface area contributed by atoms with E-state index in [1.807, 2.05) is 30.3 Å². The van der Waals surface area contributed by atoms with Crippen molar-refractivity contribution >= 4 is 22.0 Å². The van der Waals surface area contributed by atoms with Crippen LogP contribution >= 0.6 is 0 Å². The molecule has 0 bridgehead atoms. The number of ether oxygens (including phenoxy) is 1. The van der Waals surface area contributed by atoms with Crippen LogP contribution in [-0.4, -0.2) is 38.8 Å². The summed E-state index contributed by atoms with van der Waals surface area (Å²) in [6.45, 7) is 5.15. The Morgan fingerprint density at radius 1 is 1.06 bits per heavy atom. The molecule has 0 radical (unpaired) electrons. The number of methoxy groups -OCH3 is 1. The van der Waals surface area contributed by atoms with Crippen LogP contribution in [0.3, 0.4) is 0 Å². The molecule has 1 saturated heterocycles. The molecule has 3 rings (SSSR count). The topological polar surface area (TPSA) is 75.7 Å². The summed E-state index contributed by atoms with van der Waals surface area (Å²) in [6.07, 6.45) is 5.84. The summed E-state index contributed by atoms with van der Waals surface area (Å²) >= 11 is 0. The monoisotopic (exact) mass is 456 g/mol. The molecule has 1 heterocycles. The van der Waals surface area contributed by atoms with Gasteiger partial charge in [0.2, 0.25) is 15.9 Å². The minimum atomic E-state index is -3.66. The molecule has 6 nitrogen and oxygen atoms in total. The Labute approximate surface area is 191 Å². The Balaban J connectivity index is 1.79. The number of carbonyl (C=O) groups is 1. The van der Waals surface area contributed by atoms with Gasteiger partial charge in [0.25, 0.3) is 0 Å². The molecule has 1 fully saturated rings. The van der Waals surface area contributed by atoms with Gasteiger partial charge in [-0.15, -0.1) is 0 Å². The number of benzene rings is 2. The number of sulfonamides is 1. The first-order valence-electron chi connectivity index (χ1n) is 11.0. The Morgan fingerprint density at radius 2 is 1.75 bits per heavy atom. The number of piperidine rings is 1. The maximum absolute atomic E-state index is 13.2. The third kappa shape index (κ3) is 5.78. The van der Waals surface area contributed by atoms with Crippen molar-refractivity contribution in [3.8, 4) is 5.75 Å². The van der Waals surface area contributed by atoms with Crippen LogP contribution in [0.5, 0.6) is 5.75 Å². The van der Waals surface area contributed by atoms with Crippen LogP contribution in [0.25, 0.3) is 6.08 Å². The first-order chi connectivity index (χ1) is 15.3. The van der Waals surface area contributed by atoms with Gasteiger partial charge in [-0.2, -0.15) is 4.31 Å². The fourth-order valence-corrected chi connectivity index (χ4v) is 5.62. The molecule has 1 aliphatic heterocycles. The summed E-state index contributed by atoms with van der Waals surface area (Å²) in [7, 11) is -2.20. The smallest absolute Gasteiger partial charge is 0.246 e. The van der Waals surface area contributed by atoms with Gasteiger partial charge in [-0.3, -0.25) is 4.79 Å². The maximum atomic E-state index is 13.2. The Morgan fingerprint density at radius 3 is 2.38 bits per heavy atom. The second-order valence-electron chi connectivity index (χ2n) is 8.35. The van der Waals surface area contributed by atoms with Gasteiger partial charge in [0.15, 0.2) is 0 Å². The van der Waals surface area contributed by atoms with Crippen molar-refractivity contribution in [2.75, 3.05) is 20.2 Å². The first-order valence-corrected chi connectivity index (χ1v) is 12.5. The van der Waals surface area contributed by atoms with Gasteiger partial charge in [0.05, 0.1) is 13.2 Å². The van der Waals surface area contributed by atoms with Gasteiger partial charge in [0, 0.05) is 19.2 Å². The minimum Gasteiger partial charge on any atom is -0.495 e. The summed E-state index contributed by atoms with van der Waals surface area (Å²) in [5.41, 5.74) is 1.67. The van der Waals surface area contributed by atoms with E-state index >= 15 is 0 Å². The largest absolute Gasteiger partial charge is 0.495 e. The molecule has 1 atom stereocenters. The summed E-state index contributed by atoms with van der Waals surface area (Å²) < 4.78 is 33.2. The Bertz CT molecular complexity index is 1040. The van der Waals surface area contributed by atoms with Gasteiger partial charge >= 0.3 is 0 Å². The molecule has 172 valence electrons. The van der Waals surface area contributed by atoms with Gasteiger partial charge < -0.3 is 10.1 Å². The summed E-state index contributed by atoms with van der Waals surface area (Å²) in [5, 5.41) is 3.05. The summed E-state index contributed by atoms with van der Waals surface area (Å²) in [6, 6.07) is 14.7. The minimum absolute atomic E-state index is 0.112. The highest BCUT2D eigenvalue weighted by atomic mass is 32.2. The van der Waals surface area contributed by atoms with Crippen molar-refractivity contribution in [1.29, 1.82) is 0 Å². The molecule has 0 spiro atoms. The van der Waals surface area contributed by atoms with E-state index in [-0.39, 0.29) is 22.8 Å². The SMILES string of the molecule is COc1ccc(/C=C/C(=O)NC(c2ccccc2)C(C)C)cc1S(=O)(=O)N1CCCCC1. The van der Waals surface area contributed by atoms with Crippen LogP contribution in [0, 0.1) is 5.92 Å². The zero-order valence-electron chi connectivity index (χ0n) is 19.0. The van der Waals surface area contributed by atoms with Gasteiger partial charge in [-0.1, -0.05) is 56.7 Å². The van der Waals surface area contributed by atoms with Gasteiger partial charge in [-0.25, -0.2) is 8.42 Å². The maximum Gasteiger partial charge on any atom is 0.246 e. The lowest BCUT2D eigenvalue weighted by atomic mass is 9.96. The van der Waals surface area contributed by atoms with Crippen LogP contribution in [0.4, 0.5) is 0 Å². The highest BCUT2D eigenvalue weighted by Gasteiger charge is 2.29. The second-order valence-corrected chi connectivity index (χ2v) is 10.3. The number of hydrogen-bond donors (Lipinski definition) is 1. The molecule has 0 aliphatic carbocycles. The van der Waals surface area contributed by atoms with E-state index in [2.05, 4.69) is 19.2 Å². The number of nitrogens with zero attached hydrogens (tertiary/aromatic N) is 1. The van der Waals surface area contributed by atoms with Crippen molar-refractivity contribution < 1.29 is 17.9 Å². The normalized spacial score (nSPS) is 16.2. The van der Waals surface area contributed by atoms with Crippen LogP contribution in [-0.2, 0) is 14.8 Å². The molecule has 7 heteroatoms. The molecule has 1 aliphatic rings. The van der Waals surface area contributed by atoms with Crippen molar-refractivity contribution in [3.05, 3.63) is 65.7 Å². The fraction of sp³-hybridized carbons (Fsp3) is 0.400. The molecule has 0 aromatic heterocycles. The number of amides is 1. The third-order valence-electron chi connectivity index (χ3n) is 5.67. The summed E-state index contributed by atoms with van der Waals surface area (Å²) in [5.74, 6) is 0.293. The van der Waals surface area contributed by atoms with Crippen molar-refractivity contribution in [1.82, 2.24) is 9.62 Å². The lowest BCUT2D eigenvalue weighted by Crippen LogP contribution is -2.35. The van der Waals surface area contributed by atoms with Crippen molar-refractivity contribution in [3.63, 3.8) is 0 Å². The predicted molar refractivity (Wildman–Crippen MR) is 127 cm³/mol. The number of carbonyl (C=O) groups excluding carboxylic acids is 1. The standard InChI is InChI=1S/C25H32N2O4S/c1-19(2)25(21-10-6-4-7-11-21)26-24(28)15-13-20-12-14-22(31-3)23(18-20)32(29,30)27-16-8-5-9-17-27/h4,6-7,10-15,18-19,25H,5,8-9,16-17H2,1-3H3,(H,26,28)/b15-13+. The summed E-state index contributed by atoms with van der Waals surface area (Å²) in [4.78, 5) is 12.7. The van der Waals surface area contributed by atoms with E-state index in [1.54, 1.807) is 24.3 Å². The van der Waals surface area contributed by atoms with E-state index in [1.165, 1.54) is 17.5 Å². The Hall–Kier alpha value is -2.64. The van der Waals surface area contributed by atoms with Crippen LogP contribution in [0.1, 0.15) is 50.3 Å². The van der Waals surface area contributed by atoms with Gasteiger partial charge in [0.1, 0.15) is 10.6 Å². The van der Waals surface area contributed by atoms with E-state index in [0.29, 0.717) is 24.4 Å². The Kier molecular flexibility index (Phi) is 8.10. The zero-order chi connectivity index (χ0) is 23.1. The molecule has 2 aromatic rings. The van der Waals surface area contributed by atoms with Crippen molar-refractivity contribution in [2.24, 2.45) is 5.92 Å². The molecular formula is C25H32N2O4S. The molecule has 2 aromatic carbocycles. The second kappa shape index (κ2) is 10.8. The van der Waals surface area contributed by atoms with E-state index in [0.717, 1.165) is 24.8 Å². The average molecular weight is 457 g/mol. The van der Waals surface area contributed by atoms with Gasteiger partial charge in [-0.05, 0) is 48.1 Å². The molecule has 1 N–H and O–H groups in total. The average Bonchev–Trinajstić information content (AvgIpc) is 2.82. The van der Waals surface area contributed by atoms with Crippen molar-refractivity contribution in [2.45, 2.75) is 44.0 Å². The quantitative estimate of drug-likeness (QED) is 0.598. The highest BCUT2D eigenvalue weighted by Crippen LogP contribution is 2.30. The fourth-order valence-electron chi connectivity index (χ4n) is 3.91. The van der Waals surface area contributed by atoms with Crippen LogP contribution in [0.2, 0.25) is 0 Å². The lowest BCUT2D eigenvalue weighted by Gasteiger charge is -2.26. The predicted octanol–water partition coefficient (Wildman–Crippen LogP) is 4.40. The van der Waals surface area contributed by atoms with Crippen LogP contribution in [0.15, 0.2) is 59.5 Å². The first kappa shape index (κ1) is 24.0. The van der Waals surface area contributed by atoms with E-state index < -0.39 is 10.0 Å². The molecular weight excluding hydrogens is 424 g/mol. The molecule has 1 amide bonds. The number of hydrogen-bond acceptors (Lipinski definition) is 4. The molecule has 32 heavy (non-hydrogen) atoms. The number of rotatable bonds is 8. The third-order valence-corrected chi connectivity index (χ3v) is 7.59. The molecule has 0 saturated carbocycles. The van der Waals surface area contributed by atoms with E-state index in [9.17, 15) is 13.2 Å². The van der Waals surface area contributed by atoms with Crippen LogP contribution < -0.4 is 10.1 Å². The lowest BCUT2D eigenvalue weighted by molar-refractivity contribution is -0.117. The molecule has 1 unspecified atom stereocenters.